The molecule has 3 rings (SSSR count). The van der Waals surface area contributed by atoms with Crippen LogP contribution in [0.25, 0.3) is 0 Å². The molecular weight excluding hydrogens is 320 g/mol. The van der Waals surface area contributed by atoms with Gasteiger partial charge in [0.25, 0.3) is 0 Å². The van der Waals surface area contributed by atoms with Gasteiger partial charge in [-0.1, -0.05) is 0 Å². The first-order chi connectivity index (χ1) is 12.0. The minimum Gasteiger partial charge on any atom is -0.336 e. The number of carbonyl (C=O) groups is 2. The zero-order valence-corrected chi connectivity index (χ0v) is 15.2. The van der Waals surface area contributed by atoms with Gasteiger partial charge in [-0.05, 0) is 33.6 Å². The lowest BCUT2D eigenvalue weighted by Crippen LogP contribution is -2.51. The molecule has 25 heavy (non-hydrogen) atoms. The molecule has 1 atom stereocenters. The molecule has 1 aromatic heterocycles. The molecular formula is C17H28N6O2. The topological polar surface area (TPSA) is 82.5 Å². The van der Waals surface area contributed by atoms with Gasteiger partial charge in [0.05, 0.1) is 12.2 Å². The molecule has 0 aliphatic carbocycles. The minimum atomic E-state index is -0.205. The molecule has 2 aliphatic rings. The average molecular weight is 348 g/mol. The van der Waals surface area contributed by atoms with Gasteiger partial charge in [-0.3, -0.25) is 9.69 Å². The smallest absolute Gasteiger partial charge is 0.317 e. The number of likely N-dealkylation sites (tertiary alicyclic amines) is 1. The fourth-order valence-electron chi connectivity index (χ4n) is 3.64. The minimum absolute atomic E-state index is 0.0141. The fourth-order valence-corrected chi connectivity index (χ4v) is 3.64. The van der Waals surface area contributed by atoms with Gasteiger partial charge in [0, 0.05) is 44.3 Å². The van der Waals surface area contributed by atoms with Crippen molar-refractivity contribution in [2.75, 3.05) is 31.5 Å². The summed E-state index contributed by atoms with van der Waals surface area (Å²) in [5.41, 5.74) is 0. The molecule has 0 saturated carbocycles. The van der Waals surface area contributed by atoms with Crippen LogP contribution in [0.3, 0.4) is 0 Å². The monoisotopic (exact) mass is 348 g/mol. The van der Waals surface area contributed by atoms with Crippen molar-refractivity contribution in [2.45, 2.75) is 51.7 Å². The van der Waals surface area contributed by atoms with E-state index in [4.69, 9.17) is 0 Å². The van der Waals surface area contributed by atoms with E-state index in [-0.39, 0.29) is 30.1 Å². The number of amides is 3. The number of nitrogens with one attached hydrogen (secondary N) is 2. The molecule has 0 spiro atoms. The summed E-state index contributed by atoms with van der Waals surface area (Å²) >= 11 is 0. The highest BCUT2D eigenvalue weighted by Gasteiger charge is 2.33. The van der Waals surface area contributed by atoms with Crippen molar-refractivity contribution in [1.29, 1.82) is 0 Å². The van der Waals surface area contributed by atoms with Crippen molar-refractivity contribution in [3.8, 4) is 0 Å². The number of piperidine rings is 1. The Bertz CT molecular complexity index is 620. The van der Waals surface area contributed by atoms with E-state index in [0.717, 1.165) is 44.8 Å². The highest BCUT2D eigenvalue weighted by atomic mass is 16.2. The quantitative estimate of drug-likeness (QED) is 0.840. The van der Waals surface area contributed by atoms with Crippen LogP contribution in [0.2, 0.25) is 0 Å². The molecule has 8 nitrogen and oxygen atoms in total. The zero-order chi connectivity index (χ0) is 18.0. The van der Waals surface area contributed by atoms with Gasteiger partial charge >= 0.3 is 6.03 Å². The number of hydrogen-bond donors (Lipinski definition) is 2. The summed E-state index contributed by atoms with van der Waals surface area (Å²) in [5, 5.41) is 10.1. The van der Waals surface area contributed by atoms with Crippen molar-refractivity contribution in [2.24, 2.45) is 0 Å². The number of anilines is 1. The highest BCUT2D eigenvalue weighted by molar-refractivity contribution is 5.93. The van der Waals surface area contributed by atoms with E-state index in [1.807, 2.05) is 36.4 Å². The molecule has 0 aromatic carbocycles. The molecule has 2 fully saturated rings. The maximum absolute atomic E-state index is 12.6. The van der Waals surface area contributed by atoms with Crippen molar-refractivity contribution >= 4 is 17.8 Å². The van der Waals surface area contributed by atoms with E-state index in [1.165, 1.54) is 0 Å². The van der Waals surface area contributed by atoms with Crippen LogP contribution < -0.4 is 10.6 Å². The Morgan fingerprint density at radius 2 is 2.00 bits per heavy atom. The molecule has 3 heterocycles. The largest absolute Gasteiger partial charge is 0.336 e. The van der Waals surface area contributed by atoms with Gasteiger partial charge < -0.3 is 15.5 Å². The normalized spacial score (nSPS) is 20.8. The van der Waals surface area contributed by atoms with E-state index in [9.17, 15) is 9.59 Å². The Labute approximate surface area is 148 Å². The second-order valence-corrected chi connectivity index (χ2v) is 7.11. The molecule has 2 N–H and O–H groups in total. The number of aromatic nitrogens is 2. The standard InChI is InChI=1S/C17H28N6O2/c1-12(2)23-15(4-7-19-23)20-16(24)13(3)21-9-5-14(6-10-21)22-11-8-18-17(22)25/h4,7,12-14H,5-6,8-11H2,1-3H3,(H,18,25)(H,20,24)/t13-/m1/s1. The first-order valence-corrected chi connectivity index (χ1v) is 9.10. The second kappa shape index (κ2) is 7.43. The fraction of sp³-hybridized carbons (Fsp3) is 0.706. The van der Waals surface area contributed by atoms with Gasteiger partial charge in [-0.15, -0.1) is 0 Å². The Hall–Kier alpha value is -2.09. The maximum atomic E-state index is 12.6. The lowest BCUT2D eigenvalue weighted by Gasteiger charge is -2.38. The highest BCUT2D eigenvalue weighted by Crippen LogP contribution is 2.21. The summed E-state index contributed by atoms with van der Waals surface area (Å²) in [7, 11) is 0. The van der Waals surface area contributed by atoms with E-state index in [0.29, 0.717) is 0 Å². The predicted molar refractivity (Wildman–Crippen MR) is 95.4 cm³/mol. The number of urea groups is 1. The molecule has 138 valence electrons. The summed E-state index contributed by atoms with van der Waals surface area (Å²) in [6.45, 7) is 9.18. The molecule has 2 saturated heterocycles. The van der Waals surface area contributed by atoms with Crippen LogP contribution in [0.15, 0.2) is 12.3 Å². The van der Waals surface area contributed by atoms with E-state index >= 15 is 0 Å². The summed E-state index contributed by atoms with van der Waals surface area (Å²) in [6.07, 6.45) is 3.52. The number of nitrogens with zero attached hydrogens (tertiary/aromatic N) is 4. The third kappa shape index (κ3) is 3.78. The molecule has 2 aliphatic heterocycles. The first kappa shape index (κ1) is 17.7. The Morgan fingerprint density at radius 3 is 2.60 bits per heavy atom. The van der Waals surface area contributed by atoms with Gasteiger partial charge in [0.15, 0.2) is 0 Å². The van der Waals surface area contributed by atoms with Gasteiger partial charge in [0.2, 0.25) is 5.91 Å². The summed E-state index contributed by atoms with van der Waals surface area (Å²) in [4.78, 5) is 28.5. The maximum Gasteiger partial charge on any atom is 0.317 e. The van der Waals surface area contributed by atoms with Crippen LogP contribution in [-0.4, -0.2) is 69.8 Å². The van der Waals surface area contributed by atoms with Gasteiger partial charge in [0.1, 0.15) is 5.82 Å². The van der Waals surface area contributed by atoms with Crippen molar-refractivity contribution in [3.05, 3.63) is 12.3 Å². The van der Waals surface area contributed by atoms with Crippen LogP contribution in [0.5, 0.6) is 0 Å². The molecule has 0 unspecified atom stereocenters. The van der Waals surface area contributed by atoms with Crippen LogP contribution in [-0.2, 0) is 4.79 Å². The number of carbonyl (C=O) groups excluding carboxylic acids is 2. The Balaban J connectivity index is 1.53. The van der Waals surface area contributed by atoms with Crippen LogP contribution in [0.4, 0.5) is 10.6 Å². The molecule has 3 amide bonds. The Kier molecular flexibility index (Phi) is 5.27. The zero-order valence-electron chi connectivity index (χ0n) is 15.2. The third-order valence-corrected chi connectivity index (χ3v) is 5.17. The van der Waals surface area contributed by atoms with E-state index in [1.54, 1.807) is 6.20 Å². The summed E-state index contributed by atoms with van der Waals surface area (Å²) in [5.74, 6) is 0.718. The summed E-state index contributed by atoms with van der Waals surface area (Å²) in [6, 6.07) is 2.15. The van der Waals surface area contributed by atoms with Gasteiger partial charge in [-0.25, -0.2) is 9.48 Å². The van der Waals surface area contributed by atoms with Crippen molar-refractivity contribution in [3.63, 3.8) is 0 Å². The van der Waals surface area contributed by atoms with E-state index in [2.05, 4.69) is 20.6 Å². The number of rotatable bonds is 5. The average Bonchev–Trinajstić information content (AvgIpc) is 3.23. The van der Waals surface area contributed by atoms with Crippen LogP contribution in [0, 0.1) is 0 Å². The van der Waals surface area contributed by atoms with Crippen molar-refractivity contribution < 1.29 is 9.59 Å². The third-order valence-electron chi connectivity index (χ3n) is 5.17. The molecule has 0 radical (unpaired) electrons. The lowest BCUT2D eigenvalue weighted by molar-refractivity contribution is -0.121. The molecule has 1 aromatic rings. The lowest BCUT2D eigenvalue weighted by atomic mass is 10.0. The predicted octanol–water partition coefficient (Wildman–Crippen LogP) is 1.28. The van der Waals surface area contributed by atoms with Crippen LogP contribution in [0.1, 0.15) is 39.7 Å². The Morgan fingerprint density at radius 1 is 1.28 bits per heavy atom. The second-order valence-electron chi connectivity index (χ2n) is 7.11. The van der Waals surface area contributed by atoms with Crippen LogP contribution >= 0.6 is 0 Å². The van der Waals surface area contributed by atoms with E-state index < -0.39 is 0 Å². The number of hydrogen-bond acceptors (Lipinski definition) is 4. The molecule has 0 bridgehead atoms. The van der Waals surface area contributed by atoms with Gasteiger partial charge in [-0.2, -0.15) is 5.10 Å². The summed E-state index contributed by atoms with van der Waals surface area (Å²) < 4.78 is 1.81. The molecule has 8 heteroatoms. The SMILES string of the molecule is CC(C)n1nccc1NC(=O)[C@@H](C)N1CCC(N2CCNC2=O)CC1. The van der Waals surface area contributed by atoms with Crippen molar-refractivity contribution in [1.82, 2.24) is 24.9 Å². The first-order valence-electron chi connectivity index (χ1n) is 9.10.